The summed E-state index contributed by atoms with van der Waals surface area (Å²) in [5, 5.41) is 4.03. The molecule has 4 rings (SSSR count). The maximum Gasteiger partial charge on any atom is 0.227 e. The van der Waals surface area contributed by atoms with Gasteiger partial charge in [0.15, 0.2) is 0 Å². The van der Waals surface area contributed by atoms with Gasteiger partial charge < -0.3 is 14.5 Å². The highest BCUT2D eigenvalue weighted by Crippen LogP contribution is 2.39. The summed E-state index contributed by atoms with van der Waals surface area (Å²) in [7, 11) is 0. The second kappa shape index (κ2) is 6.48. The Morgan fingerprint density at radius 3 is 2.71 bits per heavy atom. The topological polar surface area (TPSA) is 49.9 Å². The zero-order chi connectivity index (χ0) is 16.6. The normalized spacial score (nSPS) is 25.2. The maximum absolute atomic E-state index is 12.3. The van der Waals surface area contributed by atoms with Gasteiger partial charge in [-0.15, -0.1) is 0 Å². The van der Waals surface area contributed by atoms with Gasteiger partial charge in [-0.2, -0.15) is 11.3 Å². The molecule has 0 N–H and O–H groups in total. The van der Waals surface area contributed by atoms with Crippen LogP contribution >= 0.6 is 11.3 Å². The molecule has 1 aromatic rings. The van der Waals surface area contributed by atoms with Gasteiger partial charge in [-0.25, -0.2) is 0 Å². The second-order valence-corrected chi connectivity index (χ2v) is 8.19. The highest BCUT2D eigenvalue weighted by Gasteiger charge is 2.51. The first-order chi connectivity index (χ1) is 11.6. The summed E-state index contributed by atoms with van der Waals surface area (Å²) >= 11 is 1.62. The molecule has 4 heterocycles. The van der Waals surface area contributed by atoms with E-state index in [2.05, 4.69) is 0 Å². The predicted molar refractivity (Wildman–Crippen MR) is 91.8 cm³/mol. The molecule has 130 valence electrons. The Hall–Kier alpha value is -1.40. The molecule has 0 aliphatic carbocycles. The van der Waals surface area contributed by atoms with E-state index in [-0.39, 0.29) is 17.4 Å². The van der Waals surface area contributed by atoms with Crippen LogP contribution in [-0.4, -0.2) is 60.0 Å². The van der Waals surface area contributed by atoms with E-state index in [9.17, 15) is 9.59 Å². The van der Waals surface area contributed by atoms with Crippen LogP contribution in [0.2, 0.25) is 0 Å². The van der Waals surface area contributed by atoms with Crippen LogP contribution in [0.4, 0.5) is 0 Å². The number of hydrogen-bond acceptors (Lipinski definition) is 4. The van der Waals surface area contributed by atoms with Crippen molar-refractivity contribution >= 4 is 23.2 Å². The maximum atomic E-state index is 12.3. The summed E-state index contributed by atoms with van der Waals surface area (Å²) in [4.78, 5) is 28.4. The van der Waals surface area contributed by atoms with Crippen molar-refractivity contribution < 1.29 is 14.3 Å². The van der Waals surface area contributed by atoms with Crippen LogP contribution in [0.3, 0.4) is 0 Å². The van der Waals surface area contributed by atoms with Crippen LogP contribution in [0, 0.1) is 5.92 Å². The van der Waals surface area contributed by atoms with E-state index in [1.54, 1.807) is 11.3 Å². The summed E-state index contributed by atoms with van der Waals surface area (Å²) in [6.45, 7) is 3.87. The monoisotopic (exact) mass is 348 g/mol. The second-order valence-electron chi connectivity index (χ2n) is 7.41. The van der Waals surface area contributed by atoms with Crippen molar-refractivity contribution in [1.29, 1.82) is 0 Å². The van der Waals surface area contributed by atoms with E-state index in [1.807, 2.05) is 26.6 Å². The lowest BCUT2D eigenvalue weighted by Crippen LogP contribution is -2.63. The van der Waals surface area contributed by atoms with Crippen LogP contribution < -0.4 is 0 Å². The molecule has 24 heavy (non-hydrogen) atoms. The number of rotatable bonds is 4. The molecule has 1 atom stereocenters. The molecule has 3 aliphatic rings. The fraction of sp³-hybridized carbons (Fsp3) is 0.667. The van der Waals surface area contributed by atoms with Gasteiger partial charge >= 0.3 is 0 Å². The number of thiophene rings is 1. The number of ether oxygens (including phenoxy) is 1. The summed E-state index contributed by atoms with van der Waals surface area (Å²) < 4.78 is 6.01. The van der Waals surface area contributed by atoms with Crippen LogP contribution in [0.15, 0.2) is 16.8 Å². The van der Waals surface area contributed by atoms with E-state index < -0.39 is 0 Å². The molecular weight excluding hydrogens is 324 g/mol. The first kappa shape index (κ1) is 16.1. The zero-order valence-electron chi connectivity index (χ0n) is 13.9. The van der Waals surface area contributed by atoms with Crippen molar-refractivity contribution in [3.05, 3.63) is 22.4 Å². The SMILES string of the molecule is O=C(CC1COC2(C1)CN(C(=O)Cc1ccsc1)C2)N1CCCC1. The molecule has 1 aromatic heterocycles. The number of amides is 2. The van der Waals surface area contributed by atoms with Gasteiger partial charge in [-0.05, 0) is 47.6 Å². The quantitative estimate of drug-likeness (QED) is 0.835. The number of hydrogen-bond donors (Lipinski definition) is 0. The van der Waals surface area contributed by atoms with Crippen molar-refractivity contribution in [3.63, 3.8) is 0 Å². The van der Waals surface area contributed by atoms with E-state index in [4.69, 9.17) is 4.74 Å². The highest BCUT2D eigenvalue weighted by atomic mass is 32.1. The van der Waals surface area contributed by atoms with Crippen molar-refractivity contribution in [3.8, 4) is 0 Å². The zero-order valence-corrected chi connectivity index (χ0v) is 14.7. The summed E-state index contributed by atoms with van der Waals surface area (Å²) in [6.07, 6.45) is 4.27. The smallest absolute Gasteiger partial charge is 0.227 e. The number of carbonyl (C=O) groups excluding carboxylic acids is 2. The lowest BCUT2D eigenvalue weighted by molar-refractivity contribution is -0.157. The Kier molecular flexibility index (Phi) is 4.35. The average Bonchev–Trinajstić information content (AvgIpc) is 3.27. The predicted octanol–water partition coefficient (Wildman–Crippen LogP) is 1.92. The van der Waals surface area contributed by atoms with E-state index in [0.29, 0.717) is 38.5 Å². The Balaban J connectivity index is 1.24. The van der Waals surface area contributed by atoms with Crippen LogP contribution in [0.1, 0.15) is 31.2 Å². The lowest BCUT2D eigenvalue weighted by atomic mass is 9.85. The van der Waals surface area contributed by atoms with Crippen LogP contribution in [0.5, 0.6) is 0 Å². The molecule has 5 nitrogen and oxygen atoms in total. The summed E-state index contributed by atoms with van der Waals surface area (Å²) in [6, 6.07) is 2.00. The molecule has 1 spiro atoms. The van der Waals surface area contributed by atoms with Gasteiger partial charge in [0.2, 0.25) is 11.8 Å². The first-order valence-electron chi connectivity index (χ1n) is 8.84. The third-order valence-corrected chi connectivity index (χ3v) is 6.19. The van der Waals surface area contributed by atoms with E-state index >= 15 is 0 Å². The van der Waals surface area contributed by atoms with Gasteiger partial charge in [0, 0.05) is 19.5 Å². The molecule has 0 radical (unpaired) electrons. The fourth-order valence-corrected chi connectivity index (χ4v) is 4.81. The van der Waals surface area contributed by atoms with Crippen LogP contribution in [-0.2, 0) is 20.7 Å². The molecule has 3 saturated heterocycles. The molecule has 3 fully saturated rings. The fourth-order valence-electron chi connectivity index (χ4n) is 4.14. The van der Waals surface area contributed by atoms with Crippen LogP contribution in [0.25, 0.3) is 0 Å². The average molecular weight is 348 g/mol. The molecule has 0 saturated carbocycles. The van der Waals surface area contributed by atoms with E-state index in [0.717, 1.165) is 37.9 Å². The first-order valence-corrected chi connectivity index (χ1v) is 9.78. The molecule has 3 aliphatic heterocycles. The highest BCUT2D eigenvalue weighted by molar-refractivity contribution is 7.08. The van der Waals surface area contributed by atoms with Crippen molar-refractivity contribution in [2.75, 3.05) is 32.8 Å². The molecule has 0 bridgehead atoms. The van der Waals surface area contributed by atoms with Gasteiger partial charge in [-0.3, -0.25) is 9.59 Å². The Bertz CT molecular complexity index is 604. The Morgan fingerprint density at radius 1 is 1.21 bits per heavy atom. The standard InChI is InChI=1S/C18H24N2O3S/c21-16(19-4-1-2-5-19)8-15-9-18(23-10-15)12-20(13-18)17(22)7-14-3-6-24-11-14/h3,6,11,15H,1-2,4-5,7-10,12-13H2. The Labute approximate surface area is 146 Å². The lowest BCUT2D eigenvalue weighted by Gasteiger charge is -2.47. The molecule has 0 aromatic carbocycles. The molecule has 2 amide bonds. The molecular formula is C18H24N2O3S. The summed E-state index contributed by atoms with van der Waals surface area (Å²) in [5.74, 6) is 0.773. The van der Waals surface area contributed by atoms with Gasteiger partial charge in [0.05, 0.1) is 26.1 Å². The largest absolute Gasteiger partial charge is 0.371 e. The molecule has 1 unspecified atom stereocenters. The van der Waals surface area contributed by atoms with Gasteiger partial charge in [0.25, 0.3) is 0 Å². The minimum atomic E-state index is -0.180. The van der Waals surface area contributed by atoms with Crippen molar-refractivity contribution in [2.45, 2.75) is 37.7 Å². The van der Waals surface area contributed by atoms with Gasteiger partial charge in [0.1, 0.15) is 5.60 Å². The number of likely N-dealkylation sites (tertiary alicyclic amines) is 2. The van der Waals surface area contributed by atoms with E-state index in [1.165, 1.54) is 0 Å². The third kappa shape index (κ3) is 3.22. The minimum absolute atomic E-state index is 0.180. The van der Waals surface area contributed by atoms with Gasteiger partial charge in [-0.1, -0.05) is 0 Å². The van der Waals surface area contributed by atoms with Crippen molar-refractivity contribution in [1.82, 2.24) is 9.80 Å². The Morgan fingerprint density at radius 2 is 2.00 bits per heavy atom. The summed E-state index contributed by atoms with van der Waals surface area (Å²) in [5.41, 5.74) is 0.910. The van der Waals surface area contributed by atoms with Crippen molar-refractivity contribution in [2.24, 2.45) is 5.92 Å². The number of carbonyl (C=O) groups is 2. The minimum Gasteiger partial charge on any atom is -0.371 e. The third-order valence-electron chi connectivity index (χ3n) is 5.45. The molecule has 6 heteroatoms. The number of nitrogens with zero attached hydrogens (tertiary/aromatic N) is 2.